The zero-order chi connectivity index (χ0) is 14.5. The number of nitrogen functional groups attached to an aromatic ring is 1. The molecular weight excluding hydrogens is 246 g/mol. The van der Waals surface area contributed by atoms with Crippen molar-refractivity contribution in [3.63, 3.8) is 0 Å². The van der Waals surface area contributed by atoms with Crippen molar-refractivity contribution in [3.05, 3.63) is 65.2 Å². The minimum absolute atomic E-state index is 0.358. The Bertz CT molecular complexity index is 658. The molecule has 0 aliphatic carbocycles. The van der Waals surface area contributed by atoms with Crippen LogP contribution in [0.2, 0.25) is 0 Å². The Morgan fingerprint density at radius 3 is 1.60 bits per heavy atom. The Balaban J connectivity index is 2.60. The van der Waals surface area contributed by atoms with E-state index >= 15 is 0 Å². The van der Waals surface area contributed by atoms with Crippen molar-refractivity contribution in [2.24, 2.45) is 0 Å². The van der Waals surface area contributed by atoms with Gasteiger partial charge in [-0.25, -0.2) is 0 Å². The first kappa shape index (κ1) is 13.4. The van der Waals surface area contributed by atoms with Gasteiger partial charge in [0.1, 0.15) is 12.1 Å². The third-order valence-corrected chi connectivity index (χ3v) is 3.01. The SMILES string of the molecule is Cc1ccc(/C(C#N)=C(\C#N)c2ccc(N)cc2)cc1. The number of allylic oxidation sites excluding steroid dienone is 2. The van der Waals surface area contributed by atoms with Gasteiger partial charge in [0.05, 0.1) is 11.1 Å². The van der Waals surface area contributed by atoms with Crippen molar-refractivity contribution in [1.82, 2.24) is 0 Å². The Kier molecular flexibility index (Phi) is 3.84. The average molecular weight is 259 g/mol. The molecule has 0 fully saturated rings. The second-order valence-electron chi connectivity index (χ2n) is 4.46. The number of nitriles is 2. The van der Waals surface area contributed by atoms with E-state index in [-0.39, 0.29) is 0 Å². The molecule has 3 heteroatoms. The topological polar surface area (TPSA) is 73.6 Å². The van der Waals surface area contributed by atoms with Gasteiger partial charge in [-0.1, -0.05) is 42.0 Å². The summed E-state index contributed by atoms with van der Waals surface area (Å²) in [7, 11) is 0. The van der Waals surface area contributed by atoms with E-state index < -0.39 is 0 Å². The number of nitrogens with zero attached hydrogens (tertiary/aromatic N) is 2. The molecule has 0 atom stereocenters. The van der Waals surface area contributed by atoms with Crippen molar-refractivity contribution < 1.29 is 0 Å². The fourth-order valence-corrected chi connectivity index (χ4v) is 1.90. The Morgan fingerprint density at radius 1 is 0.800 bits per heavy atom. The van der Waals surface area contributed by atoms with Gasteiger partial charge < -0.3 is 5.73 Å². The zero-order valence-electron chi connectivity index (χ0n) is 11.1. The lowest BCUT2D eigenvalue weighted by atomic mass is 9.96. The van der Waals surface area contributed by atoms with Crippen LogP contribution in [0, 0.1) is 29.6 Å². The molecule has 0 aromatic heterocycles. The number of nitrogens with two attached hydrogens (primary N) is 1. The van der Waals surface area contributed by atoms with E-state index in [0.29, 0.717) is 22.4 Å². The number of rotatable bonds is 2. The van der Waals surface area contributed by atoms with Crippen LogP contribution >= 0.6 is 0 Å². The van der Waals surface area contributed by atoms with Crippen molar-refractivity contribution >= 4 is 16.8 Å². The lowest BCUT2D eigenvalue weighted by molar-refractivity contribution is 1.45. The van der Waals surface area contributed by atoms with Crippen LogP contribution in [0.1, 0.15) is 16.7 Å². The van der Waals surface area contributed by atoms with Gasteiger partial charge in [-0.2, -0.15) is 10.5 Å². The Labute approximate surface area is 118 Å². The molecule has 3 nitrogen and oxygen atoms in total. The summed E-state index contributed by atoms with van der Waals surface area (Å²) in [4.78, 5) is 0. The lowest BCUT2D eigenvalue weighted by Gasteiger charge is -2.05. The molecule has 2 N–H and O–H groups in total. The summed E-state index contributed by atoms with van der Waals surface area (Å²) in [6.45, 7) is 1.98. The summed E-state index contributed by atoms with van der Waals surface area (Å²) < 4.78 is 0. The molecule has 2 rings (SSSR count). The van der Waals surface area contributed by atoms with Crippen molar-refractivity contribution in [2.45, 2.75) is 6.92 Å². The normalized spacial score (nSPS) is 11.2. The fourth-order valence-electron chi connectivity index (χ4n) is 1.90. The molecule has 0 spiro atoms. The number of hydrogen-bond donors (Lipinski definition) is 1. The first-order chi connectivity index (χ1) is 9.65. The third-order valence-electron chi connectivity index (χ3n) is 3.01. The van der Waals surface area contributed by atoms with Gasteiger partial charge in [0.15, 0.2) is 0 Å². The van der Waals surface area contributed by atoms with Gasteiger partial charge in [-0.05, 0) is 30.2 Å². The van der Waals surface area contributed by atoms with Crippen molar-refractivity contribution in [2.75, 3.05) is 5.73 Å². The molecule has 0 saturated heterocycles. The van der Waals surface area contributed by atoms with E-state index in [2.05, 4.69) is 12.1 Å². The van der Waals surface area contributed by atoms with E-state index in [1.165, 1.54) is 0 Å². The van der Waals surface area contributed by atoms with Gasteiger partial charge in [-0.3, -0.25) is 0 Å². The largest absolute Gasteiger partial charge is 0.399 e. The molecule has 0 aliphatic heterocycles. The molecule has 0 saturated carbocycles. The highest BCUT2D eigenvalue weighted by molar-refractivity contribution is 6.02. The second kappa shape index (κ2) is 5.73. The summed E-state index contributed by atoms with van der Waals surface area (Å²) in [5.41, 5.74) is 9.54. The van der Waals surface area contributed by atoms with Crippen LogP contribution in [0.5, 0.6) is 0 Å². The van der Waals surface area contributed by atoms with Crippen LogP contribution in [0.4, 0.5) is 5.69 Å². The van der Waals surface area contributed by atoms with Crippen LogP contribution in [0.3, 0.4) is 0 Å². The molecule has 2 aromatic carbocycles. The highest BCUT2D eigenvalue weighted by Gasteiger charge is 2.11. The fraction of sp³-hybridized carbons (Fsp3) is 0.0588. The molecule has 2 aromatic rings. The second-order valence-corrected chi connectivity index (χ2v) is 4.46. The van der Waals surface area contributed by atoms with Gasteiger partial charge >= 0.3 is 0 Å². The number of aryl methyl sites for hydroxylation is 1. The summed E-state index contributed by atoms with van der Waals surface area (Å²) in [6.07, 6.45) is 0. The summed E-state index contributed by atoms with van der Waals surface area (Å²) in [5, 5.41) is 18.8. The van der Waals surface area contributed by atoms with Crippen LogP contribution < -0.4 is 5.73 Å². The van der Waals surface area contributed by atoms with E-state index in [1.54, 1.807) is 24.3 Å². The molecular formula is C17H13N3. The maximum atomic E-state index is 9.38. The van der Waals surface area contributed by atoms with Gasteiger partial charge in [0.25, 0.3) is 0 Å². The summed E-state index contributed by atoms with van der Waals surface area (Å²) in [5.74, 6) is 0. The maximum absolute atomic E-state index is 9.38. The first-order valence-corrected chi connectivity index (χ1v) is 6.13. The molecule has 0 unspecified atom stereocenters. The van der Waals surface area contributed by atoms with Crippen LogP contribution in [0.25, 0.3) is 11.1 Å². The standard InChI is InChI=1S/C17H13N3/c1-12-2-4-13(5-3-12)16(10-18)17(11-19)14-6-8-15(20)9-7-14/h2-9H,20H2,1H3/b17-16+. The van der Waals surface area contributed by atoms with E-state index in [1.807, 2.05) is 31.2 Å². The van der Waals surface area contributed by atoms with Crippen LogP contribution in [-0.4, -0.2) is 0 Å². The van der Waals surface area contributed by atoms with Crippen LogP contribution in [-0.2, 0) is 0 Å². The monoisotopic (exact) mass is 259 g/mol. The van der Waals surface area contributed by atoms with Crippen molar-refractivity contribution in [3.8, 4) is 12.1 Å². The average Bonchev–Trinajstić information content (AvgIpc) is 2.47. The van der Waals surface area contributed by atoms with E-state index in [9.17, 15) is 10.5 Å². The quantitative estimate of drug-likeness (QED) is 0.509. The molecule has 0 amide bonds. The van der Waals surface area contributed by atoms with Gasteiger partial charge in [0, 0.05) is 5.69 Å². The zero-order valence-corrected chi connectivity index (χ0v) is 11.1. The summed E-state index contributed by atoms with van der Waals surface area (Å²) in [6, 6.07) is 18.7. The van der Waals surface area contributed by atoms with E-state index in [0.717, 1.165) is 11.1 Å². The van der Waals surface area contributed by atoms with Gasteiger partial charge in [-0.15, -0.1) is 0 Å². The minimum atomic E-state index is 0.358. The van der Waals surface area contributed by atoms with E-state index in [4.69, 9.17) is 5.73 Å². The Morgan fingerprint density at radius 2 is 1.20 bits per heavy atom. The smallest absolute Gasteiger partial charge is 0.101 e. The molecule has 0 bridgehead atoms. The number of hydrogen-bond acceptors (Lipinski definition) is 3. The van der Waals surface area contributed by atoms with Crippen LogP contribution in [0.15, 0.2) is 48.5 Å². The minimum Gasteiger partial charge on any atom is -0.399 e. The highest BCUT2D eigenvalue weighted by Crippen LogP contribution is 2.26. The van der Waals surface area contributed by atoms with Crippen molar-refractivity contribution in [1.29, 1.82) is 10.5 Å². The lowest BCUT2D eigenvalue weighted by Crippen LogP contribution is -1.91. The predicted octanol–water partition coefficient (Wildman–Crippen LogP) is 3.54. The number of benzene rings is 2. The third kappa shape index (κ3) is 2.68. The molecule has 96 valence electrons. The predicted molar refractivity (Wildman–Crippen MR) is 80.1 cm³/mol. The molecule has 0 radical (unpaired) electrons. The molecule has 0 heterocycles. The number of anilines is 1. The first-order valence-electron chi connectivity index (χ1n) is 6.13. The molecule has 0 aliphatic rings. The van der Waals surface area contributed by atoms with Gasteiger partial charge in [0.2, 0.25) is 0 Å². The maximum Gasteiger partial charge on any atom is 0.101 e. The Hall–Kier alpha value is -3.04. The summed E-state index contributed by atoms with van der Waals surface area (Å²) >= 11 is 0. The highest BCUT2D eigenvalue weighted by atomic mass is 14.5. The molecule has 20 heavy (non-hydrogen) atoms.